The maximum absolute atomic E-state index is 12.0. The lowest BCUT2D eigenvalue weighted by molar-refractivity contribution is 0.0999. The van der Waals surface area contributed by atoms with E-state index in [2.05, 4.69) is 35.8 Å². The van der Waals surface area contributed by atoms with Crippen molar-refractivity contribution in [2.24, 2.45) is 5.73 Å². The first-order chi connectivity index (χ1) is 14.6. The van der Waals surface area contributed by atoms with Crippen LogP contribution in [0.2, 0.25) is 0 Å². The number of fused-ring (bicyclic) bond motifs is 1. The Morgan fingerprint density at radius 2 is 1.73 bits per heavy atom. The van der Waals surface area contributed by atoms with E-state index < -0.39 is 5.91 Å². The second-order valence-corrected chi connectivity index (χ2v) is 7.82. The molecule has 1 aliphatic rings. The van der Waals surface area contributed by atoms with Gasteiger partial charge in [0.1, 0.15) is 0 Å². The number of hydrogen-bond acceptors (Lipinski definition) is 3. The molecular formula is C25H28N2O3. The van der Waals surface area contributed by atoms with Crippen LogP contribution in [0.15, 0.2) is 48.5 Å². The molecule has 0 aliphatic carbocycles. The minimum absolute atomic E-state index is 0.253. The summed E-state index contributed by atoms with van der Waals surface area (Å²) in [6, 6.07) is 16.5. The fourth-order valence-electron chi connectivity index (χ4n) is 3.98. The number of primary amides is 1. The zero-order valence-electron chi connectivity index (χ0n) is 17.6. The number of nitrogens with zero attached hydrogens (tertiary/aromatic N) is 1. The Morgan fingerprint density at radius 3 is 2.47 bits per heavy atom. The zero-order chi connectivity index (χ0) is 21.1. The van der Waals surface area contributed by atoms with Gasteiger partial charge in [0.25, 0.3) is 5.91 Å². The number of aryl methyl sites for hydroxylation is 1. The lowest BCUT2D eigenvalue weighted by Crippen LogP contribution is -2.12. The number of carbonyl (C=O) groups is 1. The molecule has 4 rings (SSSR count). The van der Waals surface area contributed by atoms with Crippen LogP contribution in [0.1, 0.15) is 53.4 Å². The Bertz CT molecular complexity index is 1050. The van der Waals surface area contributed by atoms with Crippen molar-refractivity contribution >= 4 is 5.91 Å². The van der Waals surface area contributed by atoms with E-state index in [0.717, 1.165) is 40.4 Å². The summed E-state index contributed by atoms with van der Waals surface area (Å²) >= 11 is 0. The third-order valence-corrected chi connectivity index (χ3v) is 5.73. The van der Waals surface area contributed by atoms with Gasteiger partial charge in [0.05, 0.1) is 5.56 Å². The van der Waals surface area contributed by atoms with Crippen molar-refractivity contribution in [1.82, 2.24) is 4.57 Å². The Hall–Kier alpha value is -3.21. The molecule has 30 heavy (non-hydrogen) atoms. The van der Waals surface area contributed by atoms with Gasteiger partial charge in [0.15, 0.2) is 11.5 Å². The lowest BCUT2D eigenvalue weighted by Gasteiger charge is -2.13. The molecule has 1 amide bonds. The highest BCUT2D eigenvalue weighted by Gasteiger charge is 2.19. The number of aromatic nitrogens is 1. The summed E-state index contributed by atoms with van der Waals surface area (Å²) in [6.45, 7) is 5.03. The van der Waals surface area contributed by atoms with E-state index in [1.807, 2.05) is 31.2 Å². The molecule has 2 aromatic carbocycles. The largest absolute Gasteiger partial charge is 0.454 e. The number of benzene rings is 2. The molecular weight excluding hydrogens is 376 g/mol. The fourth-order valence-corrected chi connectivity index (χ4v) is 3.98. The standard InChI is InChI=1S/C25H28N2O3/c1-3-4-5-6-18-7-10-20(11-8-18)22-14-21(25(26)28)17(2)27(22)15-19-9-12-23-24(13-19)30-16-29-23/h7-14H,3-6,15-16H2,1-2H3,(H2,26,28). The number of hydrogen-bond donors (Lipinski definition) is 1. The second-order valence-electron chi connectivity index (χ2n) is 7.82. The molecule has 2 heterocycles. The van der Waals surface area contributed by atoms with Crippen LogP contribution in [-0.4, -0.2) is 17.3 Å². The smallest absolute Gasteiger partial charge is 0.250 e. The molecule has 156 valence electrons. The van der Waals surface area contributed by atoms with E-state index in [0.29, 0.717) is 12.1 Å². The van der Waals surface area contributed by atoms with Gasteiger partial charge >= 0.3 is 0 Å². The summed E-state index contributed by atoms with van der Waals surface area (Å²) in [5, 5.41) is 0. The number of ether oxygens (including phenoxy) is 2. The Labute approximate surface area is 177 Å². The maximum Gasteiger partial charge on any atom is 0.250 e. The molecule has 5 nitrogen and oxygen atoms in total. The van der Waals surface area contributed by atoms with Gasteiger partial charge in [0, 0.05) is 17.9 Å². The van der Waals surface area contributed by atoms with Crippen molar-refractivity contribution in [3.63, 3.8) is 0 Å². The first-order valence-corrected chi connectivity index (χ1v) is 10.5. The van der Waals surface area contributed by atoms with E-state index in [1.165, 1.54) is 24.8 Å². The average molecular weight is 405 g/mol. The Balaban J connectivity index is 1.66. The molecule has 0 bridgehead atoms. The van der Waals surface area contributed by atoms with Crippen molar-refractivity contribution in [3.8, 4) is 22.8 Å². The van der Waals surface area contributed by atoms with Gasteiger partial charge in [-0.15, -0.1) is 0 Å². The summed E-state index contributed by atoms with van der Waals surface area (Å²) in [7, 11) is 0. The fraction of sp³-hybridized carbons (Fsp3) is 0.320. The maximum atomic E-state index is 12.0. The van der Waals surface area contributed by atoms with Gasteiger partial charge in [0.2, 0.25) is 6.79 Å². The van der Waals surface area contributed by atoms with Crippen LogP contribution in [0.25, 0.3) is 11.3 Å². The second kappa shape index (κ2) is 8.66. The molecule has 3 aromatic rings. The SMILES string of the molecule is CCCCCc1ccc(-c2cc(C(N)=O)c(C)n2Cc2ccc3c(c2)OCO3)cc1. The topological polar surface area (TPSA) is 66.5 Å². The first kappa shape index (κ1) is 20.1. The predicted molar refractivity (Wildman–Crippen MR) is 118 cm³/mol. The Kier molecular flexibility index (Phi) is 5.79. The monoisotopic (exact) mass is 404 g/mol. The number of nitrogens with two attached hydrogens (primary N) is 1. The van der Waals surface area contributed by atoms with Crippen molar-refractivity contribution < 1.29 is 14.3 Å². The van der Waals surface area contributed by atoms with E-state index in [4.69, 9.17) is 15.2 Å². The van der Waals surface area contributed by atoms with Gasteiger partial charge in [-0.2, -0.15) is 0 Å². The van der Waals surface area contributed by atoms with Gasteiger partial charge in [-0.25, -0.2) is 0 Å². The van der Waals surface area contributed by atoms with Gasteiger partial charge in [-0.3, -0.25) is 4.79 Å². The predicted octanol–water partition coefficient (Wildman–Crippen LogP) is 5.07. The van der Waals surface area contributed by atoms with Crippen molar-refractivity contribution in [3.05, 3.63) is 70.9 Å². The molecule has 0 spiro atoms. The quantitative estimate of drug-likeness (QED) is 0.533. The van der Waals surface area contributed by atoms with Crippen LogP contribution in [-0.2, 0) is 13.0 Å². The van der Waals surface area contributed by atoms with E-state index in [9.17, 15) is 4.79 Å². The van der Waals surface area contributed by atoms with E-state index in [1.54, 1.807) is 0 Å². The number of rotatable bonds is 8. The third kappa shape index (κ3) is 4.06. The lowest BCUT2D eigenvalue weighted by atomic mass is 10.0. The van der Waals surface area contributed by atoms with Crippen molar-refractivity contribution in [2.45, 2.75) is 46.1 Å². The minimum Gasteiger partial charge on any atom is -0.454 e. The summed E-state index contributed by atoms with van der Waals surface area (Å²) < 4.78 is 13.1. The van der Waals surface area contributed by atoms with Gasteiger partial charge in [-0.05, 0) is 54.7 Å². The van der Waals surface area contributed by atoms with Gasteiger partial charge in [-0.1, -0.05) is 50.1 Å². The van der Waals surface area contributed by atoms with Crippen LogP contribution in [0.5, 0.6) is 11.5 Å². The first-order valence-electron chi connectivity index (χ1n) is 10.5. The molecule has 0 saturated carbocycles. The molecule has 1 aromatic heterocycles. The van der Waals surface area contributed by atoms with Crippen molar-refractivity contribution in [1.29, 1.82) is 0 Å². The van der Waals surface area contributed by atoms with Crippen molar-refractivity contribution in [2.75, 3.05) is 6.79 Å². The number of carbonyl (C=O) groups excluding carboxylic acids is 1. The highest BCUT2D eigenvalue weighted by Crippen LogP contribution is 2.34. The molecule has 2 N–H and O–H groups in total. The van der Waals surface area contributed by atoms with Crippen LogP contribution in [0.4, 0.5) is 0 Å². The molecule has 0 saturated heterocycles. The van der Waals surface area contributed by atoms with Crippen LogP contribution < -0.4 is 15.2 Å². The molecule has 0 radical (unpaired) electrons. The molecule has 0 fully saturated rings. The van der Waals surface area contributed by atoms with Crippen LogP contribution in [0.3, 0.4) is 0 Å². The van der Waals surface area contributed by atoms with E-state index >= 15 is 0 Å². The molecule has 0 unspecified atom stereocenters. The number of unbranched alkanes of at least 4 members (excludes halogenated alkanes) is 2. The summed E-state index contributed by atoms with van der Waals surface area (Å²) in [4.78, 5) is 12.0. The van der Waals surface area contributed by atoms with Crippen LogP contribution in [0, 0.1) is 6.92 Å². The third-order valence-electron chi connectivity index (χ3n) is 5.73. The number of amides is 1. The normalized spacial score (nSPS) is 12.3. The van der Waals surface area contributed by atoms with Crippen LogP contribution >= 0.6 is 0 Å². The molecule has 0 atom stereocenters. The average Bonchev–Trinajstić information content (AvgIpc) is 3.33. The Morgan fingerprint density at radius 1 is 1.00 bits per heavy atom. The summed E-state index contributed by atoms with van der Waals surface area (Å²) in [5.74, 6) is 1.11. The minimum atomic E-state index is -0.408. The summed E-state index contributed by atoms with van der Waals surface area (Å²) in [6.07, 6.45) is 4.78. The van der Waals surface area contributed by atoms with Gasteiger partial charge < -0.3 is 19.8 Å². The summed E-state index contributed by atoms with van der Waals surface area (Å²) in [5.41, 5.74) is 11.5. The molecule has 1 aliphatic heterocycles. The highest BCUT2D eigenvalue weighted by atomic mass is 16.7. The molecule has 5 heteroatoms. The van der Waals surface area contributed by atoms with E-state index in [-0.39, 0.29) is 6.79 Å². The zero-order valence-corrected chi connectivity index (χ0v) is 17.6. The highest BCUT2D eigenvalue weighted by molar-refractivity contribution is 5.95.